The monoisotopic (exact) mass is 462 g/mol. The Kier molecular flexibility index (Phi) is 12.5. The minimum Gasteiger partial charge on any atom is -0.381 e. The quantitative estimate of drug-likeness (QED) is 0.460. The SMILES string of the molecule is CC.CC.Cc1cc(NCc2ccc(CN3CCC(C)CC3C)cc2)cc(C2=CCCCC2)c1. The van der Waals surface area contributed by atoms with Crippen molar-refractivity contribution in [3.05, 3.63) is 70.8 Å². The fraction of sp³-hybridized carbons (Fsp3) is 0.562. The molecule has 0 saturated carbocycles. The lowest BCUT2D eigenvalue weighted by molar-refractivity contribution is 0.122. The fourth-order valence-corrected chi connectivity index (χ4v) is 5.06. The van der Waals surface area contributed by atoms with Crippen LogP contribution in [-0.2, 0) is 13.1 Å². The Hall–Kier alpha value is -2.06. The van der Waals surface area contributed by atoms with Crippen LogP contribution >= 0.6 is 0 Å². The van der Waals surface area contributed by atoms with E-state index in [1.807, 2.05) is 27.7 Å². The second-order valence-corrected chi connectivity index (χ2v) is 9.68. The molecular weight excluding hydrogens is 412 g/mol. The van der Waals surface area contributed by atoms with Crippen molar-refractivity contribution in [3.8, 4) is 0 Å². The van der Waals surface area contributed by atoms with Crippen LogP contribution in [0.4, 0.5) is 5.69 Å². The van der Waals surface area contributed by atoms with Gasteiger partial charge in [-0.15, -0.1) is 0 Å². The lowest BCUT2D eigenvalue weighted by atomic mass is 9.92. The number of rotatable bonds is 6. The van der Waals surface area contributed by atoms with Crippen molar-refractivity contribution >= 4 is 11.3 Å². The molecule has 2 unspecified atom stereocenters. The maximum atomic E-state index is 3.66. The Morgan fingerprint density at radius 1 is 0.912 bits per heavy atom. The number of likely N-dealkylation sites (tertiary alicyclic amines) is 1. The van der Waals surface area contributed by atoms with Crippen molar-refractivity contribution in [1.82, 2.24) is 4.90 Å². The second-order valence-electron chi connectivity index (χ2n) is 9.68. The van der Waals surface area contributed by atoms with Gasteiger partial charge in [-0.2, -0.15) is 0 Å². The largest absolute Gasteiger partial charge is 0.381 e. The number of nitrogens with zero attached hydrogens (tertiary/aromatic N) is 1. The summed E-state index contributed by atoms with van der Waals surface area (Å²) in [4.78, 5) is 2.64. The highest BCUT2D eigenvalue weighted by atomic mass is 15.2. The molecule has 2 aliphatic rings. The predicted molar refractivity (Wildman–Crippen MR) is 152 cm³/mol. The first-order valence-electron chi connectivity index (χ1n) is 13.9. The molecule has 2 heteroatoms. The number of anilines is 1. The van der Waals surface area contributed by atoms with Gasteiger partial charge in [0.15, 0.2) is 0 Å². The van der Waals surface area contributed by atoms with Gasteiger partial charge in [0.1, 0.15) is 0 Å². The zero-order valence-corrected chi connectivity index (χ0v) is 23.1. The van der Waals surface area contributed by atoms with Crippen LogP contribution in [0, 0.1) is 12.8 Å². The lowest BCUT2D eigenvalue weighted by Crippen LogP contribution is -2.39. The van der Waals surface area contributed by atoms with Crippen LogP contribution in [0.25, 0.3) is 5.57 Å². The molecule has 0 bridgehead atoms. The average molecular weight is 463 g/mol. The van der Waals surface area contributed by atoms with E-state index in [1.54, 1.807) is 0 Å². The Bertz CT molecular complexity index is 865. The van der Waals surface area contributed by atoms with E-state index in [0.717, 1.165) is 19.0 Å². The molecule has 2 aromatic carbocycles. The molecule has 34 heavy (non-hydrogen) atoms. The minimum atomic E-state index is 0.699. The molecule has 188 valence electrons. The van der Waals surface area contributed by atoms with E-state index in [9.17, 15) is 0 Å². The summed E-state index contributed by atoms with van der Waals surface area (Å²) in [6, 6.07) is 16.8. The Labute approximate surface area is 210 Å². The Balaban J connectivity index is 0.000000970. The number of hydrogen-bond acceptors (Lipinski definition) is 2. The smallest absolute Gasteiger partial charge is 0.0400 e. The molecule has 1 aliphatic heterocycles. The Morgan fingerprint density at radius 3 is 2.26 bits per heavy atom. The van der Waals surface area contributed by atoms with Gasteiger partial charge in [0.05, 0.1) is 0 Å². The summed E-state index contributed by atoms with van der Waals surface area (Å²) in [5, 5.41) is 3.66. The molecule has 1 aliphatic carbocycles. The molecular formula is C32H50N2. The van der Waals surface area contributed by atoms with E-state index in [0.29, 0.717) is 6.04 Å². The van der Waals surface area contributed by atoms with E-state index in [-0.39, 0.29) is 0 Å². The van der Waals surface area contributed by atoms with E-state index in [4.69, 9.17) is 0 Å². The van der Waals surface area contributed by atoms with E-state index >= 15 is 0 Å². The number of nitrogens with one attached hydrogen (secondary N) is 1. The topological polar surface area (TPSA) is 15.3 Å². The molecule has 4 rings (SSSR count). The summed E-state index contributed by atoms with van der Waals surface area (Å²) >= 11 is 0. The van der Waals surface area contributed by atoms with Gasteiger partial charge in [-0.3, -0.25) is 4.90 Å². The third-order valence-corrected chi connectivity index (χ3v) is 6.92. The average Bonchev–Trinajstić information content (AvgIpc) is 2.88. The normalized spacial score (nSPS) is 20.3. The van der Waals surface area contributed by atoms with Crippen LogP contribution < -0.4 is 5.32 Å². The van der Waals surface area contributed by atoms with Gasteiger partial charge in [-0.25, -0.2) is 0 Å². The van der Waals surface area contributed by atoms with Crippen molar-refractivity contribution in [2.45, 2.75) is 106 Å². The lowest BCUT2D eigenvalue weighted by Gasteiger charge is -2.36. The van der Waals surface area contributed by atoms with Crippen LogP contribution in [-0.4, -0.2) is 17.5 Å². The summed E-state index contributed by atoms with van der Waals surface area (Å²) in [6.07, 6.45) is 10.2. The minimum absolute atomic E-state index is 0.699. The van der Waals surface area contributed by atoms with Crippen molar-refractivity contribution in [2.75, 3.05) is 11.9 Å². The van der Waals surface area contributed by atoms with Crippen LogP contribution in [0.3, 0.4) is 0 Å². The van der Waals surface area contributed by atoms with Gasteiger partial charge in [-0.1, -0.05) is 71.0 Å². The fourth-order valence-electron chi connectivity index (χ4n) is 5.06. The molecule has 0 aromatic heterocycles. The van der Waals surface area contributed by atoms with E-state index in [1.165, 1.54) is 78.6 Å². The van der Waals surface area contributed by atoms with Crippen molar-refractivity contribution in [1.29, 1.82) is 0 Å². The zero-order chi connectivity index (χ0) is 24.9. The molecule has 0 radical (unpaired) electrons. The predicted octanol–water partition coefficient (Wildman–Crippen LogP) is 9.24. The van der Waals surface area contributed by atoms with Gasteiger partial charge < -0.3 is 5.32 Å². The number of allylic oxidation sites excluding steroid dienone is 2. The van der Waals surface area contributed by atoms with Gasteiger partial charge in [0.2, 0.25) is 0 Å². The summed E-state index contributed by atoms with van der Waals surface area (Å²) < 4.78 is 0. The highest BCUT2D eigenvalue weighted by molar-refractivity contribution is 5.70. The maximum Gasteiger partial charge on any atom is 0.0400 e. The van der Waals surface area contributed by atoms with Gasteiger partial charge >= 0.3 is 0 Å². The highest BCUT2D eigenvalue weighted by Crippen LogP contribution is 2.29. The van der Waals surface area contributed by atoms with Gasteiger partial charge in [0, 0.05) is 24.8 Å². The third kappa shape index (κ3) is 8.62. The second kappa shape index (κ2) is 15.0. The first kappa shape index (κ1) is 28.2. The van der Waals surface area contributed by atoms with Crippen LogP contribution in [0.5, 0.6) is 0 Å². The van der Waals surface area contributed by atoms with Crippen LogP contribution in [0.1, 0.15) is 102 Å². The number of piperidine rings is 1. The number of benzene rings is 2. The zero-order valence-electron chi connectivity index (χ0n) is 23.1. The number of aryl methyl sites for hydroxylation is 1. The molecule has 1 saturated heterocycles. The van der Waals surface area contributed by atoms with Crippen molar-refractivity contribution in [3.63, 3.8) is 0 Å². The molecule has 2 atom stereocenters. The first-order valence-corrected chi connectivity index (χ1v) is 13.9. The van der Waals surface area contributed by atoms with E-state index < -0.39 is 0 Å². The van der Waals surface area contributed by atoms with Gasteiger partial charge in [0.25, 0.3) is 0 Å². The van der Waals surface area contributed by atoms with Gasteiger partial charge in [-0.05, 0) is 105 Å². The molecule has 1 fully saturated rings. The third-order valence-electron chi connectivity index (χ3n) is 6.92. The molecule has 1 heterocycles. The van der Waals surface area contributed by atoms with Crippen LogP contribution in [0.15, 0.2) is 48.5 Å². The summed E-state index contributed by atoms with van der Waals surface area (Å²) in [7, 11) is 0. The highest BCUT2D eigenvalue weighted by Gasteiger charge is 2.22. The maximum absolute atomic E-state index is 3.66. The van der Waals surface area contributed by atoms with Crippen molar-refractivity contribution < 1.29 is 0 Å². The van der Waals surface area contributed by atoms with E-state index in [2.05, 4.69) is 79.5 Å². The molecule has 1 N–H and O–H groups in total. The summed E-state index contributed by atoms with van der Waals surface area (Å²) in [6.45, 7) is 18.2. The molecule has 2 aromatic rings. The molecule has 2 nitrogen and oxygen atoms in total. The molecule has 0 amide bonds. The summed E-state index contributed by atoms with van der Waals surface area (Å²) in [5.74, 6) is 0.876. The summed E-state index contributed by atoms with van der Waals surface area (Å²) in [5.41, 5.74) is 8.27. The number of hydrogen-bond donors (Lipinski definition) is 1. The Morgan fingerprint density at radius 2 is 1.62 bits per heavy atom. The van der Waals surface area contributed by atoms with Crippen molar-refractivity contribution in [2.24, 2.45) is 5.92 Å². The standard InChI is InChI=1S/C28H38N2.2C2H6/c1-21-13-14-30(23(3)15-21)20-25-11-9-24(10-12-25)19-29-28-17-22(2)16-27(18-28)26-7-5-4-6-8-26;2*1-2/h7,9-12,16-18,21,23,29H,4-6,8,13-15,19-20H2,1-3H3;2*1-2H3. The van der Waals surface area contributed by atoms with Crippen LogP contribution in [0.2, 0.25) is 0 Å². The molecule has 0 spiro atoms. The first-order chi connectivity index (χ1) is 16.6.